The van der Waals surface area contributed by atoms with Crippen LogP contribution in [0, 0.1) is 24.7 Å². The number of H-pyrrole nitrogens is 1. The zero-order valence-electron chi connectivity index (χ0n) is 38.3. The van der Waals surface area contributed by atoms with Gasteiger partial charge in [-0.15, -0.1) is 0 Å². The number of hydrogen-bond donors (Lipinski definition) is 1. The fraction of sp³-hybridized carbons (Fsp3) is 0.213. The second-order valence-corrected chi connectivity index (χ2v) is 19.8. The summed E-state index contributed by atoms with van der Waals surface area (Å²) in [5.41, 5.74) is 20.0. The molecule has 3 heterocycles. The lowest BCUT2D eigenvalue weighted by Gasteiger charge is -2.11. The summed E-state index contributed by atoms with van der Waals surface area (Å²) < 4.78 is 4.89. The van der Waals surface area contributed by atoms with Gasteiger partial charge in [0.2, 0.25) is 0 Å². The topological polar surface area (TPSA) is 25.6 Å². The van der Waals surface area contributed by atoms with Crippen molar-refractivity contribution < 1.29 is 0 Å². The standard InChI is InChI=1S/C61H57N3/c1-37(2)28-41-9-25-59-53(32-41)52-31-40(7)8-24-58(52)63(59)48-18-12-44(13-19-48)46-16-22-56-50(35-46)51-36-47(17-23-57(51)62-56)45-14-20-49(21-15-45)64-60-26-10-42(29-38(3)4)33-54(60)55-34-43(30-39(5)6)11-27-61(55)64/h8-27,31-39,62H,28-30H2,1-7H3. The highest BCUT2D eigenvalue weighted by Crippen LogP contribution is 2.38. The Bertz CT molecular complexity index is 3480. The van der Waals surface area contributed by atoms with E-state index in [0.29, 0.717) is 17.8 Å². The minimum Gasteiger partial charge on any atom is -0.355 e. The first-order chi connectivity index (χ1) is 31.0. The zero-order chi connectivity index (χ0) is 43.8. The van der Waals surface area contributed by atoms with E-state index in [0.717, 1.165) is 30.3 Å². The van der Waals surface area contributed by atoms with Crippen LogP contribution in [0.2, 0.25) is 0 Å². The average molecular weight is 832 g/mol. The van der Waals surface area contributed by atoms with Gasteiger partial charge in [-0.25, -0.2) is 0 Å². The summed E-state index contributed by atoms with van der Waals surface area (Å²) in [4.78, 5) is 3.70. The molecule has 0 aliphatic heterocycles. The molecule has 3 nitrogen and oxygen atoms in total. The molecule has 11 aromatic rings. The van der Waals surface area contributed by atoms with Crippen LogP contribution in [0.3, 0.4) is 0 Å². The minimum absolute atomic E-state index is 0.616. The molecule has 0 saturated heterocycles. The van der Waals surface area contributed by atoms with Gasteiger partial charge in [-0.3, -0.25) is 0 Å². The molecular formula is C61H57N3. The molecule has 3 aromatic heterocycles. The maximum Gasteiger partial charge on any atom is 0.0541 e. The lowest BCUT2D eigenvalue weighted by Crippen LogP contribution is -1.96. The highest BCUT2D eigenvalue weighted by molar-refractivity contribution is 6.12. The van der Waals surface area contributed by atoms with Gasteiger partial charge in [-0.1, -0.05) is 108 Å². The minimum atomic E-state index is 0.616. The summed E-state index contributed by atoms with van der Waals surface area (Å²) >= 11 is 0. The first kappa shape index (κ1) is 40.0. The van der Waals surface area contributed by atoms with Gasteiger partial charge in [0.05, 0.1) is 22.1 Å². The van der Waals surface area contributed by atoms with Gasteiger partial charge < -0.3 is 14.1 Å². The van der Waals surface area contributed by atoms with Crippen molar-refractivity contribution in [2.75, 3.05) is 0 Å². The summed E-state index contributed by atoms with van der Waals surface area (Å²) in [7, 11) is 0. The van der Waals surface area contributed by atoms with Gasteiger partial charge in [0.1, 0.15) is 0 Å². The molecule has 0 radical (unpaired) electrons. The molecule has 0 bridgehead atoms. The SMILES string of the molecule is Cc1ccc2c(c1)c1cc(CC(C)C)ccc1n2-c1ccc(-c2ccc3[nH]c4ccc(-c5ccc(-n6c7ccc(CC(C)C)cc7c7cc(CC(C)C)ccc76)cc5)cc4c3c2)cc1. The summed E-state index contributed by atoms with van der Waals surface area (Å²) in [5, 5.41) is 7.82. The van der Waals surface area contributed by atoms with E-state index in [-0.39, 0.29) is 0 Å². The molecule has 0 fully saturated rings. The van der Waals surface area contributed by atoms with Gasteiger partial charge in [0.15, 0.2) is 0 Å². The normalized spacial score (nSPS) is 12.3. The smallest absolute Gasteiger partial charge is 0.0541 e. The van der Waals surface area contributed by atoms with Gasteiger partial charge in [-0.2, -0.15) is 0 Å². The van der Waals surface area contributed by atoms with Gasteiger partial charge in [-0.05, 0) is 180 Å². The Morgan fingerprint density at radius 2 is 0.688 bits per heavy atom. The molecular weight excluding hydrogens is 775 g/mol. The Hall–Kier alpha value is -6.84. The van der Waals surface area contributed by atoms with E-state index in [1.165, 1.54) is 110 Å². The third-order valence-corrected chi connectivity index (χ3v) is 13.3. The molecule has 0 aliphatic rings. The largest absolute Gasteiger partial charge is 0.355 e. The molecule has 3 heteroatoms. The van der Waals surface area contributed by atoms with E-state index >= 15 is 0 Å². The number of aromatic nitrogens is 3. The van der Waals surface area contributed by atoms with Crippen LogP contribution < -0.4 is 0 Å². The van der Waals surface area contributed by atoms with Crippen molar-refractivity contribution in [3.8, 4) is 33.6 Å². The number of rotatable bonds is 10. The summed E-state index contributed by atoms with van der Waals surface area (Å²) in [5.74, 6) is 1.85. The Morgan fingerprint density at radius 3 is 1.06 bits per heavy atom. The first-order valence-electron chi connectivity index (χ1n) is 23.4. The van der Waals surface area contributed by atoms with Crippen LogP contribution in [0.15, 0.2) is 158 Å². The second-order valence-electron chi connectivity index (χ2n) is 19.8. The molecule has 0 saturated carbocycles. The van der Waals surface area contributed by atoms with Crippen molar-refractivity contribution in [2.45, 2.75) is 67.7 Å². The molecule has 1 N–H and O–H groups in total. The molecule has 0 aliphatic carbocycles. The molecule has 0 unspecified atom stereocenters. The van der Waals surface area contributed by atoms with Crippen molar-refractivity contribution in [2.24, 2.45) is 17.8 Å². The maximum absolute atomic E-state index is 3.70. The summed E-state index contributed by atoms with van der Waals surface area (Å²) in [6.45, 7) is 16.0. The predicted molar refractivity (Wildman–Crippen MR) is 276 cm³/mol. The summed E-state index contributed by atoms with van der Waals surface area (Å²) in [6.07, 6.45) is 3.26. The van der Waals surface area contributed by atoms with E-state index in [1.807, 2.05) is 0 Å². The Labute approximate surface area is 377 Å². The molecule has 0 amide bonds. The zero-order valence-corrected chi connectivity index (χ0v) is 38.3. The van der Waals surface area contributed by atoms with Crippen molar-refractivity contribution in [1.29, 1.82) is 0 Å². The third kappa shape index (κ3) is 7.08. The van der Waals surface area contributed by atoms with Crippen LogP contribution in [0.5, 0.6) is 0 Å². The van der Waals surface area contributed by atoms with Crippen LogP contribution in [0.25, 0.3) is 99.0 Å². The Morgan fingerprint density at radius 1 is 0.344 bits per heavy atom. The van der Waals surface area contributed by atoms with E-state index in [2.05, 4.69) is 220 Å². The van der Waals surface area contributed by atoms with E-state index < -0.39 is 0 Å². The third-order valence-electron chi connectivity index (χ3n) is 13.3. The molecule has 64 heavy (non-hydrogen) atoms. The van der Waals surface area contributed by atoms with Crippen LogP contribution >= 0.6 is 0 Å². The quantitative estimate of drug-likeness (QED) is 0.142. The van der Waals surface area contributed by atoms with Gasteiger partial charge in [0, 0.05) is 54.7 Å². The van der Waals surface area contributed by atoms with Gasteiger partial charge in [0.25, 0.3) is 0 Å². The number of nitrogens with zero attached hydrogens (tertiary/aromatic N) is 2. The van der Waals surface area contributed by atoms with Crippen molar-refractivity contribution >= 4 is 65.4 Å². The molecule has 316 valence electrons. The molecule has 8 aromatic carbocycles. The average Bonchev–Trinajstić information content (AvgIpc) is 3.92. The van der Waals surface area contributed by atoms with Crippen molar-refractivity contribution in [1.82, 2.24) is 14.1 Å². The Kier molecular flexibility index (Phi) is 9.84. The Balaban J connectivity index is 0.926. The molecule has 11 rings (SSSR count). The van der Waals surface area contributed by atoms with Crippen molar-refractivity contribution in [3.05, 3.63) is 180 Å². The van der Waals surface area contributed by atoms with Crippen LogP contribution in [-0.2, 0) is 19.3 Å². The number of fused-ring (bicyclic) bond motifs is 9. The van der Waals surface area contributed by atoms with Crippen LogP contribution in [-0.4, -0.2) is 14.1 Å². The second kappa shape index (κ2) is 15.7. The number of hydrogen-bond acceptors (Lipinski definition) is 0. The lowest BCUT2D eigenvalue weighted by atomic mass is 9.99. The fourth-order valence-electron chi connectivity index (χ4n) is 10.5. The number of nitrogens with one attached hydrogen (secondary N) is 1. The number of benzene rings is 8. The van der Waals surface area contributed by atoms with Gasteiger partial charge >= 0.3 is 0 Å². The van der Waals surface area contributed by atoms with Crippen molar-refractivity contribution in [3.63, 3.8) is 0 Å². The van der Waals surface area contributed by atoms with E-state index in [4.69, 9.17) is 0 Å². The van der Waals surface area contributed by atoms with Crippen LogP contribution in [0.1, 0.15) is 63.8 Å². The number of aromatic amines is 1. The highest BCUT2D eigenvalue weighted by atomic mass is 15.0. The van der Waals surface area contributed by atoms with Crippen LogP contribution in [0.4, 0.5) is 0 Å². The molecule has 0 atom stereocenters. The fourth-order valence-corrected chi connectivity index (χ4v) is 10.5. The summed E-state index contributed by atoms with van der Waals surface area (Å²) in [6, 6.07) is 60.1. The highest BCUT2D eigenvalue weighted by Gasteiger charge is 2.17. The molecule has 0 spiro atoms. The monoisotopic (exact) mass is 831 g/mol. The van der Waals surface area contributed by atoms with E-state index in [9.17, 15) is 0 Å². The first-order valence-corrected chi connectivity index (χ1v) is 23.4. The predicted octanol–water partition coefficient (Wildman–Crippen LogP) is 16.8. The lowest BCUT2D eigenvalue weighted by molar-refractivity contribution is 0.647. The maximum atomic E-state index is 3.70. The van der Waals surface area contributed by atoms with E-state index in [1.54, 1.807) is 0 Å². The number of aryl methyl sites for hydroxylation is 1.